The number of carboxylic acids is 1. The van der Waals surface area contributed by atoms with E-state index in [0.717, 1.165) is 23.7 Å². The number of sulfone groups is 1. The standard InChI is InChI=1S/C21H14FNO6S2/c1-31(27,28)11-6-7-12(14(22)8-11)13-10-30-18(19(13)21(25)26)9-16(24)20-23-15-4-2-3-5-17(15)29-20/h2-8,10H,9H2,1H3,(H,25,26). The van der Waals surface area contributed by atoms with Crippen molar-refractivity contribution < 1.29 is 31.9 Å². The quantitative estimate of drug-likeness (QED) is 0.429. The number of ketones is 1. The summed E-state index contributed by atoms with van der Waals surface area (Å²) in [5.74, 6) is -2.86. The predicted octanol–water partition coefficient (Wildman–Crippen LogP) is 4.22. The molecule has 0 amide bonds. The van der Waals surface area contributed by atoms with Crippen LogP contribution >= 0.6 is 11.3 Å². The number of para-hydroxylation sites is 2. The lowest BCUT2D eigenvalue weighted by molar-refractivity contribution is 0.0697. The largest absolute Gasteiger partial charge is 0.478 e. The van der Waals surface area contributed by atoms with E-state index in [-0.39, 0.29) is 38.8 Å². The number of halogens is 1. The number of carbonyl (C=O) groups excluding carboxylic acids is 1. The molecular formula is C21H14FNO6S2. The average molecular weight is 459 g/mol. The van der Waals surface area contributed by atoms with Gasteiger partial charge in [0.05, 0.1) is 16.9 Å². The van der Waals surface area contributed by atoms with Crippen LogP contribution in [-0.4, -0.2) is 36.5 Å². The van der Waals surface area contributed by atoms with E-state index < -0.39 is 27.4 Å². The number of aromatic carboxylic acids is 1. The highest BCUT2D eigenvalue weighted by atomic mass is 32.2. The minimum absolute atomic E-state index is 0.0652. The van der Waals surface area contributed by atoms with Crippen LogP contribution in [0.3, 0.4) is 0 Å². The van der Waals surface area contributed by atoms with Crippen molar-refractivity contribution in [1.82, 2.24) is 4.98 Å². The molecule has 2 heterocycles. The Morgan fingerprint density at radius 1 is 1.16 bits per heavy atom. The van der Waals surface area contributed by atoms with Crippen LogP contribution in [0.4, 0.5) is 4.39 Å². The zero-order valence-electron chi connectivity index (χ0n) is 16.0. The number of nitrogens with zero attached hydrogens (tertiary/aromatic N) is 1. The Bertz CT molecular complexity index is 1420. The molecule has 0 aliphatic heterocycles. The summed E-state index contributed by atoms with van der Waals surface area (Å²) in [6.45, 7) is 0. The van der Waals surface area contributed by atoms with Crippen molar-refractivity contribution in [2.75, 3.05) is 6.26 Å². The molecule has 158 valence electrons. The molecule has 0 saturated heterocycles. The summed E-state index contributed by atoms with van der Waals surface area (Å²) >= 11 is 0.992. The van der Waals surface area contributed by atoms with Gasteiger partial charge in [0.25, 0.3) is 5.89 Å². The molecule has 0 unspecified atom stereocenters. The lowest BCUT2D eigenvalue weighted by Crippen LogP contribution is -2.08. The van der Waals surface area contributed by atoms with Crippen LogP contribution in [0.2, 0.25) is 0 Å². The van der Waals surface area contributed by atoms with Crippen LogP contribution in [0, 0.1) is 5.82 Å². The molecule has 2 aromatic heterocycles. The van der Waals surface area contributed by atoms with Crippen LogP contribution in [-0.2, 0) is 16.3 Å². The van der Waals surface area contributed by atoms with E-state index in [2.05, 4.69) is 4.98 Å². The van der Waals surface area contributed by atoms with Gasteiger partial charge < -0.3 is 9.52 Å². The molecule has 0 atom stereocenters. The van der Waals surface area contributed by atoms with Gasteiger partial charge in [-0.1, -0.05) is 18.2 Å². The fraction of sp³-hybridized carbons (Fsp3) is 0.0952. The van der Waals surface area contributed by atoms with E-state index in [1.54, 1.807) is 24.3 Å². The van der Waals surface area contributed by atoms with Crippen LogP contribution in [0.15, 0.2) is 57.2 Å². The predicted molar refractivity (Wildman–Crippen MR) is 112 cm³/mol. The Balaban J connectivity index is 1.71. The minimum Gasteiger partial charge on any atom is -0.478 e. The van der Waals surface area contributed by atoms with Crippen molar-refractivity contribution in [3.63, 3.8) is 0 Å². The molecule has 0 fully saturated rings. The Kier molecular flexibility index (Phi) is 5.19. The molecule has 4 rings (SSSR count). The molecule has 31 heavy (non-hydrogen) atoms. The van der Waals surface area contributed by atoms with Crippen molar-refractivity contribution in [1.29, 1.82) is 0 Å². The molecule has 0 radical (unpaired) electrons. The summed E-state index contributed by atoms with van der Waals surface area (Å²) in [6.07, 6.45) is 0.659. The maximum Gasteiger partial charge on any atom is 0.337 e. The number of hydrogen-bond acceptors (Lipinski definition) is 7. The van der Waals surface area contributed by atoms with Gasteiger partial charge in [-0.2, -0.15) is 0 Å². The van der Waals surface area contributed by atoms with E-state index in [1.807, 2.05) is 0 Å². The number of Topliss-reactive ketones (excluding diaryl/α,β-unsaturated/α-hetero) is 1. The molecule has 0 aliphatic carbocycles. The SMILES string of the molecule is CS(=O)(=O)c1ccc(-c2csc(CC(=O)c3nc4ccccc4o3)c2C(=O)O)c(F)c1. The molecule has 7 nitrogen and oxygen atoms in total. The number of carboxylic acid groups (broad SMARTS) is 1. The third kappa shape index (κ3) is 3.99. The van der Waals surface area contributed by atoms with Crippen LogP contribution < -0.4 is 0 Å². The van der Waals surface area contributed by atoms with Crippen LogP contribution in [0.1, 0.15) is 25.9 Å². The van der Waals surface area contributed by atoms with E-state index >= 15 is 0 Å². The molecular weight excluding hydrogens is 445 g/mol. The van der Waals surface area contributed by atoms with E-state index in [9.17, 15) is 27.5 Å². The Morgan fingerprint density at radius 2 is 1.90 bits per heavy atom. The zero-order chi connectivity index (χ0) is 22.3. The molecule has 4 aromatic rings. The first kappa shape index (κ1) is 20.9. The van der Waals surface area contributed by atoms with E-state index in [0.29, 0.717) is 11.1 Å². The van der Waals surface area contributed by atoms with Gasteiger partial charge >= 0.3 is 5.97 Å². The van der Waals surface area contributed by atoms with E-state index in [1.165, 1.54) is 17.5 Å². The van der Waals surface area contributed by atoms with Gasteiger partial charge in [-0.05, 0) is 29.6 Å². The lowest BCUT2D eigenvalue weighted by atomic mass is 10.0. The second-order valence-electron chi connectivity index (χ2n) is 6.75. The van der Waals surface area contributed by atoms with Crippen LogP contribution in [0.5, 0.6) is 0 Å². The highest BCUT2D eigenvalue weighted by Crippen LogP contribution is 2.35. The second kappa shape index (κ2) is 7.71. The van der Waals surface area contributed by atoms with Gasteiger partial charge in [-0.3, -0.25) is 4.79 Å². The summed E-state index contributed by atoms with van der Waals surface area (Å²) in [4.78, 5) is 28.7. The summed E-state index contributed by atoms with van der Waals surface area (Å²) in [6, 6.07) is 10.1. The molecule has 10 heteroatoms. The monoisotopic (exact) mass is 459 g/mol. The minimum atomic E-state index is -3.62. The topological polar surface area (TPSA) is 115 Å². The number of oxazole rings is 1. The molecule has 1 N–H and O–H groups in total. The van der Waals surface area contributed by atoms with Crippen molar-refractivity contribution in [2.24, 2.45) is 0 Å². The second-order valence-corrected chi connectivity index (χ2v) is 9.73. The normalized spacial score (nSPS) is 11.7. The maximum absolute atomic E-state index is 14.6. The number of hydrogen-bond donors (Lipinski definition) is 1. The number of benzene rings is 2. The van der Waals surface area contributed by atoms with Crippen molar-refractivity contribution >= 4 is 44.0 Å². The van der Waals surface area contributed by atoms with Crippen molar-refractivity contribution in [2.45, 2.75) is 11.3 Å². The first-order valence-electron chi connectivity index (χ1n) is 8.87. The fourth-order valence-electron chi connectivity index (χ4n) is 3.12. The first-order chi connectivity index (χ1) is 14.6. The smallest absolute Gasteiger partial charge is 0.337 e. The number of rotatable bonds is 6. The molecule has 0 spiro atoms. The van der Waals surface area contributed by atoms with Gasteiger partial charge in [0.2, 0.25) is 5.78 Å². The summed E-state index contributed by atoms with van der Waals surface area (Å²) in [5.41, 5.74) is 0.714. The third-order valence-corrected chi connectivity index (χ3v) is 6.69. The number of carbonyl (C=O) groups is 2. The number of thiophene rings is 1. The highest BCUT2D eigenvalue weighted by Gasteiger charge is 2.25. The summed E-state index contributed by atoms with van der Waals surface area (Å²) < 4.78 is 43.3. The zero-order valence-corrected chi connectivity index (χ0v) is 17.6. The van der Waals surface area contributed by atoms with Gasteiger partial charge in [0, 0.05) is 22.3 Å². The van der Waals surface area contributed by atoms with Gasteiger partial charge in [-0.25, -0.2) is 22.6 Å². The van der Waals surface area contributed by atoms with Crippen molar-refractivity contribution in [3.8, 4) is 11.1 Å². The molecule has 2 aromatic carbocycles. The van der Waals surface area contributed by atoms with E-state index in [4.69, 9.17) is 4.42 Å². The van der Waals surface area contributed by atoms with Gasteiger partial charge in [0.15, 0.2) is 15.4 Å². The maximum atomic E-state index is 14.6. The Hall–Kier alpha value is -3.37. The Morgan fingerprint density at radius 3 is 2.55 bits per heavy atom. The van der Waals surface area contributed by atoms with Gasteiger partial charge in [0.1, 0.15) is 11.3 Å². The lowest BCUT2D eigenvalue weighted by Gasteiger charge is -2.06. The highest BCUT2D eigenvalue weighted by molar-refractivity contribution is 7.90. The molecule has 0 bridgehead atoms. The summed E-state index contributed by atoms with van der Waals surface area (Å²) in [5, 5.41) is 11.1. The fourth-order valence-corrected chi connectivity index (χ4v) is 4.79. The van der Waals surface area contributed by atoms with Crippen molar-refractivity contribution in [3.05, 3.63) is 70.0 Å². The number of fused-ring (bicyclic) bond motifs is 1. The number of aromatic nitrogens is 1. The molecule has 0 aliphatic rings. The van der Waals surface area contributed by atoms with Crippen LogP contribution in [0.25, 0.3) is 22.2 Å². The summed E-state index contributed by atoms with van der Waals surface area (Å²) in [7, 11) is -3.62. The molecule has 0 saturated carbocycles. The third-order valence-electron chi connectivity index (χ3n) is 4.59. The average Bonchev–Trinajstić information content (AvgIpc) is 3.31. The van der Waals surface area contributed by atoms with Gasteiger partial charge in [-0.15, -0.1) is 11.3 Å². The Labute approximate surface area is 179 Å². The first-order valence-corrected chi connectivity index (χ1v) is 11.6.